The minimum atomic E-state index is -0.105. The number of nitrogens with two attached hydrogens (primary N) is 1. The number of anilines is 2. The van der Waals surface area contributed by atoms with Gasteiger partial charge in [0.25, 0.3) is 0 Å². The molecule has 78 valence electrons. The number of rotatable bonds is 4. The predicted molar refractivity (Wildman–Crippen MR) is 58.2 cm³/mol. The monoisotopic (exact) mass is 195 g/mol. The third-order valence-corrected chi connectivity index (χ3v) is 1.77. The quantitative estimate of drug-likeness (QED) is 0.764. The summed E-state index contributed by atoms with van der Waals surface area (Å²) in [5, 5.41) is 3.30. The average Bonchev–Trinajstić information content (AvgIpc) is 2.08. The molecule has 0 bridgehead atoms. The summed E-state index contributed by atoms with van der Waals surface area (Å²) in [6, 6.07) is 3.67. The Labute approximate surface area is 84.5 Å². The van der Waals surface area contributed by atoms with Crippen LogP contribution in [0.15, 0.2) is 18.3 Å². The third-order valence-electron chi connectivity index (χ3n) is 1.77. The van der Waals surface area contributed by atoms with E-state index in [1.165, 1.54) is 0 Å². The van der Waals surface area contributed by atoms with Gasteiger partial charge >= 0.3 is 0 Å². The van der Waals surface area contributed by atoms with Gasteiger partial charge in [0.15, 0.2) is 0 Å². The van der Waals surface area contributed by atoms with Crippen LogP contribution in [0.25, 0.3) is 0 Å². The molecule has 4 nitrogen and oxygen atoms in total. The molecule has 0 unspecified atom stereocenters. The minimum absolute atomic E-state index is 0.105. The lowest BCUT2D eigenvalue weighted by molar-refractivity contribution is 0.158. The molecule has 1 aromatic rings. The van der Waals surface area contributed by atoms with E-state index in [2.05, 4.69) is 24.1 Å². The zero-order valence-corrected chi connectivity index (χ0v) is 8.87. The molecule has 0 atom stereocenters. The fourth-order valence-corrected chi connectivity index (χ4v) is 1.27. The minimum Gasteiger partial charge on any atom is -0.384 e. The molecule has 4 heteroatoms. The molecular weight excluding hydrogens is 178 g/mol. The van der Waals surface area contributed by atoms with Crippen molar-refractivity contribution in [2.45, 2.75) is 19.4 Å². The van der Waals surface area contributed by atoms with Crippen molar-refractivity contribution in [3.63, 3.8) is 0 Å². The molecule has 0 aliphatic rings. The van der Waals surface area contributed by atoms with Crippen molar-refractivity contribution >= 4 is 11.5 Å². The summed E-state index contributed by atoms with van der Waals surface area (Å²) in [6.07, 6.45) is 1.72. The van der Waals surface area contributed by atoms with Gasteiger partial charge in [0, 0.05) is 7.11 Å². The van der Waals surface area contributed by atoms with Gasteiger partial charge in [-0.25, -0.2) is 4.98 Å². The molecule has 3 N–H and O–H groups in total. The van der Waals surface area contributed by atoms with E-state index >= 15 is 0 Å². The van der Waals surface area contributed by atoms with E-state index < -0.39 is 0 Å². The van der Waals surface area contributed by atoms with Crippen molar-refractivity contribution in [1.29, 1.82) is 0 Å². The predicted octanol–water partition coefficient (Wildman–Crippen LogP) is 1.50. The van der Waals surface area contributed by atoms with Crippen LogP contribution in [0.3, 0.4) is 0 Å². The molecule has 14 heavy (non-hydrogen) atoms. The lowest BCUT2D eigenvalue weighted by Crippen LogP contribution is -2.35. The van der Waals surface area contributed by atoms with Crippen LogP contribution in [0.5, 0.6) is 0 Å². The van der Waals surface area contributed by atoms with Gasteiger partial charge in [-0.05, 0) is 26.0 Å². The van der Waals surface area contributed by atoms with Crippen LogP contribution >= 0.6 is 0 Å². The molecule has 0 radical (unpaired) electrons. The Bertz CT molecular complexity index is 282. The lowest BCUT2D eigenvalue weighted by Gasteiger charge is -2.26. The van der Waals surface area contributed by atoms with Crippen molar-refractivity contribution in [1.82, 2.24) is 4.98 Å². The molecule has 1 rings (SSSR count). The normalized spacial score (nSPS) is 11.4. The fourth-order valence-electron chi connectivity index (χ4n) is 1.27. The largest absolute Gasteiger partial charge is 0.384 e. The van der Waals surface area contributed by atoms with Crippen LogP contribution in [0.2, 0.25) is 0 Å². The Kier molecular flexibility index (Phi) is 3.30. The van der Waals surface area contributed by atoms with Gasteiger partial charge in [-0.1, -0.05) is 0 Å². The van der Waals surface area contributed by atoms with Crippen LogP contribution in [0, 0.1) is 0 Å². The summed E-state index contributed by atoms with van der Waals surface area (Å²) in [5.41, 5.74) is 6.33. The van der Waals surface area contributed by atoms with Crippen LogP contribution in [0.1, 0.15) is 13.8 Å². The highest BCUT2D eigenvalue weighted by atomic mass is 16.5. The molecule has 0 aliphatic carbocycles. The van der Waals surface area contributed by atoms with Gasteiger partial charge in [0.05, 0.1) is 24.0 Å². The molecule has 0 saturated carbocycles. The smallest absolute Gasteiger partial charge is 0.123 e. The SMILES string of the molecule is COCC(C)(C)Nc1ccc(N)nc1. The number of nitrogen functional groups attached to an aromatic ring is 1. The maximum absolute atomic E-state index is 5.49. The summed E-state index contributed by atoms with van der Waals surface area (Å²) < 4.78 is 5.09. The number of nitrogens with one attached hydrogen (secondary N) is 1. The first-order chi connectivity index (χ1) is 6.53. The maximum atomic E-state index is 5.49. The molecule has 0 aliphatic heterocycles. The van der Waals surface area contributed by atoms with Crippen molar-refractivity contribution in [2.75, 3.05) is 24.8 Å². The fraction of sp³-hybridized carbons (Fsp3) is 0.500. The average molecular weight is 195 g/mol. The number of methoxy groups -OCH3 is 1. The second kappa shape index (κ2) is 4.28. The van der Waals surface area contributed by atoms with Crippen LogP contribution < -0.4 is 11.1 Å². The Hall–Kier alpha value is -1.29. The molecule has 0 fully saturated rings. The standard InChI is InChI=1S/C10H17N3O/c1-10(2,7-14-3)13-8-4-5-9(11)12-6-8/h4-6,13H,7H2,1-3H3,(H2,11,12). The summed E-state index contributed by atoms with van der Waals surface area (Å²) >= 11 is 0. The Balaban J connectivity index is 2.64. The summed E-state index contributed by atoms with van der Waals surface area (Å²) in [7, 11) is 1.69. The Morgan fingerprint density at radius 1 is 1.50 bits per heavy atom. The second-order valence-electron chi connectivity index (χ2n) is 3.91. The number of ether oxygens (including phenoxy) is 1. The number of aromatic nitrogens is 1. The number of hydrogen-bond donors (Lipinski definition) is 2. The molecule has 0 saturated heterocycles. The molecule has 0 spiro atoms. The second-order valence-corrected chi connectivity index (χ2v) is 3.91. The highest BCUT2D eigenvalue weighted by Gasteiger charge is 2.16. The van der Waals surface area contributed by atoms with E-state index in [0.717, 1.165) is 5.69 Å². The van der Waals surface area contributed by atoms with Gasteiger partial charge in [0.2, 0.25) is 0 Å². The lowest BCUT2D eigenvalue weighted by atomic mass is 10.1. The van der Waals surface area contributed by atoms with Crippen molar-refractivity contribution in [3.8, 4) is 0 Å². The number of hydrogen-bond acceptors (Lipinski definition) is 4. The van der Waals surface area contributed by atoms with Gasteiger partial charge in [-0.2, -0.15) is 0 Å². The van der Waals surface area contributed by atoms with E-state index in [-0.39, 0.29) is 5.54 Å². The van der Waals surface area contributed by atoms with Crippen LogP contribution in [-0.4, -0.2) is 24.2 Å². The van der Waals surface area contributed by atoms with E-state index in [4.69, 9.17) is 10.5 Å². The number of nitrogens with zero attached hydrogens (tertiary/aromatic N) is 1. The first kappa shape index (κ1) is 10.8. The Morgan fingerprint density at radius 2 is 2.21 bits per heavy atom. The van der Waals surface area contributed by atoms with Gasteiger partial charge < -0.3 is 15.8 Å². The third kappa shape index (κ3) is 3.22. The first-order valence-electron chi connectivity index (χ1n) is 4.52. The molecule has 1 heterocycles. The number of pyridine rings is 1. The van der Waals surface area contributed by atoms with Crippen molar-refractivity contribution in [2.24, 2.45) is 0 Å². The zero-order valence-electron chi connectivity index (χ0n) is 8.87. The van der Waals surface area contributed by atoms with Crippen LogP contribution in [0.4, 0.5) is 11.5 Å². The van der Waals surface area contributed by atoms with Crippen molar-refractivity contribution in [3.05, 3.63) is 18.3 Å². The van der Waals surface area contributed by atoms with E-state index in [0.29, 0.717) is 12.4 Å². The van der Waals surface area contributed by atoms with Gasteiger partial charge in [-0.3, -0.25) is 0 Å². The first-order valence-corrected chi connectivity index (χ1v) is 4.52. The van der Waals surface area contributed by atoms with E-state index in [1.807, 2.05) is 6.07 Å². The molecule has 0 amide bonds. The van der Waals surface area contributed by atoms with E-state index in [9.17, 15) is 0 Å². The summed E-state index contributed by atoms with van der Waals surface area (Å²) in [6.45, 7) is 4.76. The topological polar surface area (TPSA) is 60.2 Å². The van der Waals surface area contributed by atoms with E-state index in [1.54, 1.807) is 19.4 Å². The highest BCUT2D eigenvalue weighted by molar-refractivity contribution is 5.46. The van der Waals surface area contributed by atoms with Gasteiger partial charge in [0.1, 0.15) is 5.82 Å². The summed E-state index contributed by atoms with van der Waals surface area (Å²) in [4.78, 5) is 4.00. The van der Waals surface area contributed by atoms with Crippen molar-refractivity contribution < 1.29 is 4.74 Å². The molecule has 1 aromatic heterocycles. The summed E-state index contributed by atoms with van der Waals surface area (Å²) in [5.74, 6) is 0.528. The molecular formula is C10H17N3O. The highest BCUT2D eigenvalue weighted by Crippen LogP contribution is 2.14. The Morgan fingerprint density at radius 3 is 2.71 bits per heavy atom. The molecule has 0 aromatic carbocycles. The maximum Gasteiger partial charge on any atom is 0.123 e. The van der Waals surface area contributed by atoms with Gasteiger partial charge in [-0.15, -0.1) is 0 Å². The van der Waals surface area contributed by atoms with Crippen LogP contribution in [-0.2, 0) is 4.74 Å². The zero-order chi connectivity index (χ0) is 10.6.